The summed E-state index contributed by atoms with van der Waals surface area (Å²) in [6, 6.07) is 6.74. The van der Waals surface area contributed by atoms with Crippen LogP contribution in [-0.4, -0.2) is 11.7 Å². The van der Waals surface area contributed by atoms with Crippen molar-refractivity contribution in [3.8, 4) is 0 Å². The van der Waals surface area contributed by atoms with Crippen molar-refractivity contribution in [1.29, 1.82) is 0 Å². The quantitative estimate of drug-likeness (QED) is 0.452. The zero-order valence-corrected chi connectivity index (χ0v) is 7.52. The second-order valence-corrected chi connectivity index (χ2v) is 2.92. The van der Waals surface area contributed by atoms with E-state index in [2.05, 4.69) is 10.0 Å². The van der Waals surface area contributed by atoms with Crippen LogP contribution in [0.25, 0.3) is 10.4 Å². The summed E-state index contributed by atoms with van der Waals surface area (Å²) < 4.78 is 0. The first-order valence-corrected chi connectivity index (χ1v) is 4.06. The fraction of sp³-hybridized carbons (Fsp3) is 0.250. The van der Waals surface area contributed by atoms with Crippen molar-refractivity contribution < 1.29 is 5.11 Å². The van der Waals surface area contributed by atoms with E-state index in [1.165, 1.54) is 0 Å². The topological polar surface area (TPSA) is 69.0 Å². The van der Waals surface area contributed by atoms with Gasteiger partial charge < -0.3 is 5.11 Å². The van der Waals surface area contributed by atoms with Gasteiger partial charge in [-0.1, -0.05) is 28.8 Å². The number of hydrogen-bond donors (Lipinski definition) is 1. The van der Waals surface area contributed by atoms with E-state index in [-0.39, 0.29) is 6.54 Å². The van der Waals surface area contributed by atoms with Gasteiger partial charge in [-0.2, -0.15) is 0 Å². The maximum atomic E-state index is 9.43. The normalized spacial score (nSPS) is 11.8. The highest BCUT2D eigenvalue weighted by Gasteiger charge is 2.04. The maximum Gasteiger partial charge on any atom is 0.0846 e. The molecule has 0 aliphatic heterocycles. The van der Waals surface area contributed by atoms with Crippen LogP contribution in [-0.2, 0) is 0 Å². The molecule has 1 unspecified atom stereocenters. The first kappa shape index (κ1) is 9.86. The zero-order chi connectivity index (χ0) is 9.68. The van der Waals surface area contributed by atoms with Gasteiger partial charge in [0, 0.05) is 9.93 Å². The Bertz CT molecular complexity index is 319. The average Bonchev–Trinajstić information content (AvgIpc) is 2.15. The van der Waals surface area contributed by atoms with Gasteiger partial charge >= 0.3 is 0 Å². The molecular weight excluding hydrogens is 190 g/mol. The Morgan fingerprint density at radius 3 is 2.62 bits per heavy atom. The smallest absolute Gasteiger partial charge is 0.0846 e. The standard InChI is InChI=1S/C8H8ClN3O/c9-7-3-1-6(2-4-7)8(13)5-11-12-10/h1-4,8,13H,5H2. The molecule has 0 saturated carbocycles. The van der Waals surface area contributed by atoms with E-state index >= 15 is 0 Å². The summed E-state index contributed by atoms with van der Waals surface area (Å²) in [5.74, 6) is 0. The Balaban J connectivity index is 2.71. The highest BCUT2D eigenvalue weighted by molar-refractivity contribution is 6.30. The lowest BCUT2D eigenvalue weighted by molar-refractivity contribution is 0.187. The zero-order valence-electron chi connectivity index (χ0n) is 6.76. The van der Waals surface area contributed by atoms with Crippen LogP contribution >= 0.6 is 11.6 Å². The molecule has 1 atom stereocenters. The maximum absolute atomic E-state index is 9.43. The van der Waals surface area contributed by atoms with Crippen LogP contribution < -0.4 is 0 Å². The lowest BCUT2D eigenvalue weighted by Gasteiger charge is -2.06. The van der Waals surface area contributed by atoms with Crippen molar-refractivity contribution in [2.75, 3.05) is 6.54 Å². The van der Waals surface area contributed by atoms with Crippen molar-refractivity contribution in [3.63, 3.8) is 0 Å². The molecule has 0 amide bonds. The highest BCUT2D eigenvalue weighted by Crippen LogP contribution is 2.16. The summed E-state index contributed by atoms with van der Waals surface area (Å²) in [5.41, 5.74) is 8.72. The summed E-state index contributed by atoms with van der Waals surface area (Å²) in [5, 5.41) is 13.3. The molecule has 0 saturated heterocycles. The molecule has 0 heterocycles. The molecule has 0 aliphatic carbocycles. The van der Waals surface area contributed by atoms with Gasteiger partial charge in [0.25, 0.3) is 0 Å². The van der Waals surface area contributed by atoms with E-state index in [0.29, 0.717) is 10.6 Å². The van der Waals surface area contributed by atoms with E-state index in [0.717, 1.165) is 0 Å². The predicted molar refractivity (Wildman–Crippen MR) is 50.4 cm³/mol. The fourth-order valence-electron chi connectivity index (χ4n) is 0.904. The van der Waals surface area contributed by atoms with Crippen LogP contribution in [0.1, 0.15) is 11.7 Å². The molecule has 1 rings (SSSR count). The summed E-state index contributed by atoms with van der Waals surface area (Å²) >= 11 is 5.66. The third kappa shape index (κ3) is 2.95. The van der Waals surface area contributed by atoms with E-state index in [9.17, 15) is 5.11 Å². The van der Waals surface area contributed by atoms with Gasteiger partial charge in [-0.25, -0.2) is 0 Å². The molecule has 0 spiro atoms. The minimum Gasteiger partial charge on any atom is -0.388 e. The molecule has 0 radical (unpaired) electrons. The number of rotatable bonds is 3. The minimum absolute atomic E-state index is 0.0398. The van der Waals surface area contributed by atoms with Crippen molar-refractivity contribution in [1.82, 2.24) is 0 Å². The first-order valence-electron chi connectivity index (χ1n) is 3.68. The second-order valence-electron chi connectivity index (χ2n) is 2.48. The molecule has 1 aromatic carbocycles. The van der Waals surface area contributed by atoms with E-state index in [1.54, 1.807) is 24.3 Å². The Morgan fingerprint density at radius 2 is 2.08 bits per heavy atom. The van der Waals surface area contributed by atoms with Crippen molar-refractivity contribution in [3.05, 3.63) is 45.3 Å². The van der Waals surface area contributed by atoms with Crippen LogP contribution in [0.2, 0.25) is 5.02 Å². The van der Waals surface area contributed by atoms with Crippen molar-refractivity contribution in [2.45, 2.75) is 6.10 Å². The van der Waals surface area contributed by atoms with Gasteiger partial charge in [0.05, 0.1) is 12.6 Å². The molecule has 1 aromatic rings. The third-order valence-electron chi connectivity index (χ3n) is 1.57. The molecule has 4 nitrogen and oxygen atoms in total. The highest BCUT2D eigenvalue weighted by atomic mass is 35.5. The Hall–Kier alpha value is -1.22. The van der Waals surface area contributed by atoms with Crippen LogP contribution in [0.15, 0.2) is 29.4 Å². The number of benzene rings is 1. The molecular formula is C8H8ClN3O. The fourth-order valence-corrected chi connectivity index (χ4v) is 1.03. The van der Waals surface area contributed by atoms with Crippen LogP contribution in [0, 0.1) is 0 Å². The summed E-state index contributed by atoms with van der Waals surface area (Å²) in [7, 11) is 0. The molecule has 1 N–H and O–H groups in total. The van der Waals surface area contributed by atoms with Gasteiger partial charge in [0.15, 0.2) is 0 Å². The first-order chi connectivity index (χ1) is 6.24. The average molecular weight is 198 g/mol. The monoisotopic (exact) mass is 197 g/mol. The number of aliphatic hydroxyl groups is 1. The molecule has 0 aromatic heterocycles. The predicted octanol–water partition coefficient (Wildman–Crippen LogP) is 2.68. The van der Waals surface area contributed by atoms with Crippen LogP contribution in [0.4, 0.5) is 0 Å². The van der Waals surface area contributed by atoms with Gasteiger partial charge in [0.1, 0.15) is 0 Å². The van der Waals surface area contributed by atoms with Crippen LogP contribution in [0.5, 0.6) is 0 Å². The van der Waals surface area contributed by atoms with E-state index in [4.69, 9.17) is 17.1 Å². The largest absolute Gasteiger partial charge is 0.388 e. The second kappa shape index (κ2) is 4.72. The molecule has 5 heteroatoms. The van der Waals surface area contributed by atoms with E-state index < -0.39 is 6.10 Å². The van der Waals surface area contributed by atoms with Crippen LogP contribution in [0.3, 0.4) is 0 Å². The van der Waals surface area contributed by atoms with Crippen molar-refractivity contribution in [2.24, 2.45) is 5.11 Å². The Labute approximate surface area is 80.4 Å². The number of aliphatic hydroxyl groups excluding tert-OH is 1. The number of halogens is 1. The van der Waals surface area contributed by atoms with Crippen molar-refractivity contribution >= 4 is 11.6 Å². The lowest BCUT2D eigenvalue weighted by Crippen LogP contribution is -1.99. The van der Waals surface area contributed by atoms with E-state index in [1.807, 2.05) is 0 Å². The molecule has 68 valence electrons. The summed E-state index contributed by atoms with van der Waals surface area (Å²) in [6.45, 7) is 0.0398. The van der Waals surface area contributed by atoms with Gasteiger partial charge in [-0.05, 0) is 23.2 Å². The SMILES string of the molecule is [N-]=[N+]=NCC(O)c1ccc(Cl)cc1. The molecule has 13 heavy (non-hydrogen) atoms. The number of hydrogen-bond acceptors (Lipinski definition) is 2. The molecule has 0 aliphatic rings. The third-order valence-corrected chi connectivity index (χ3v) is 1.82. The number of azide groups is 1. The number of nitrogens with zero attached hydrogens (tertiary/aromatic N) is 3. The Morgan fingerprint density at radius 1 is 1.46 bits per heavy atom. The lowest BCUT2D eigenvalue weighted by atomic mass is 10.1. The summed E-state index contributed by atoms with van der Waals surface area (Å²) in [4.78, 5) is 2.56. The van der Waals surface area contributed by atoms with Gasteiger partial charge in [-0.3, -0.25) is 0 Å². The Kier molecular flexibility index (Phi) is 3.58. The van der Waals surface area contributed by atoms with Gasteiger partial charge in [0.2, 0.25) is 0 Å². The minimum atomic E-state index is -0.756. The van der Waals surface area contributed by atoms with Gasteiger partial charge in [-0.15, -0.1) is 0 Å². The summed E-state index contributed by atoms with van der Waals surface area (Å²) in [6.07, 6.45) is -0.756. The molecule has 0 bridgehead atoms. The molecule has 0 fully saturated rings.